The van der Waals surface area contributed by atoms with Crippen molar-refractivity contribution >= 4 is 17.4 Å². The molecule has 5 nitrogen and oxygen atoms in total. The van der Waals surface area contributed by atoms with Gasteiger partial charge >= 0.3 is 0 Å². The third kappa shape index (κ3) is 5.37. The van der Waals surface area contributed by atoms with Gasteiger partial charge < -0.3 is 10.1 Å². The molecule has 0 unspecified atom stereocenters. The third-order valence-electron chi connectivity index (χ3n) is 4.47. The Morgan fingerprint density at radius 1 is 1.22 bits per heavy atom. The van der Waals surface area contributed by atoms with E-state index in [9.17, 15) is 14.0 Å². The van der Waals surface area contributed by atoms with Crippen LogP contribution in [0.2, 0.25) is 0 Å². The van der Waals surface area contributed by atoms with Crippen LogP contribution < -0.4 is 10.1 Å². The molecule has 0 aliphatic rings. The number of methoxy groups -OCH3 is 1. The Labute approximate surface area is 159 Å². The van der Waals surface area contributed by atoms with Gasteiger partial charge in [0.1, 0.15) is 0 Å². The molecule has 0 aromatic heterocycles. The molecule has 0 spiro atoms. The van der Waals surface area contributed by atoms with Crippen LogP contribution >= 0.6 is 0 Å². The number of nitrogens with one attached hydrogen (secondary N) is 1. The molecular weight excluding hydrogens is 347 g/mol. The van der Waals surface area contributed by atoms with Crippen LogP contribution in [0.1, 0.15) is 36.7 Å². The van der Waals surface area contributed by atoms with Crippen LogP contribution in [-0.2, 0) is 11.3 Å². The number of likely N-dealkylation sites (N-methyl/N-ethyl adjacent to an activating group) is 1. The Balaban J connectivity index is 2.08. The van der Waals surface area contributed by atoms with Gasteiger partial charge in [0, 0.05) is 17.8 Å². The number of amides is 1. The number of carbonyl (C=O) groups is 2. The number of benzene rings is 2. The van der Waals surface area contributed by atoms with Crippen LogP contribution in [0.4, 0.5) is 10.1 Å². The normalized spacial score (nSPS) is 11.9. The lowest BCUT2D eigenvalue weighted by atomic mass is 10.1. The first-order chi connectivity index (χ1) is 12.8. The highest BCUT2D eigenvalue weighted by molar-refractivity contribution is 5.98. The lowest BCUT2D eigenvalue weighted by Gasteiger charge is -2.27. The van der Waals surface area contributed by atoms with E-state index in [0.29, 0.717) is 24.3 Å². The average molecular weight is 372 g/mol. The standard InChI is InChI=1S/C21H25FN2O3/c1-5-24(13-16-9-10-20(27-4)19(22)11-16)14(2)21(26)23-18-8-6-7-17(12-18)15(3)25/h6-12,14H,5,13H2,1-4H3,(H,23,26)/t14-/m0/s1. The molecule has 0 radical (unpaired) electrons. The number of anilines is 1. The highest BCUT2D eigenvalue weighted by Crippen LogP contribution is 2.20. The van der Waals surface area contributed by atoms with Gasteiger partial charge in [0.25, 0.3) is 0 Å². The van der Waals surface area contributed by atoms with Gasteiger partial charge in [-0.05, 0) is 50.2 Å². The third-order valence-corrected chi connectivity index (χ3v) is 4.47. The van der Waals surface area contributed by atoms with Crippen LogP contribution in [-0.4, -0.2) is 36.3 Å². The molecule has 2 aromatic carbocycles. The molecule has 0 aliphatic carbocycles. The second-order valence-electron chi connectivity index (χ2n) is 6.33. The molecule has 0 fully saturated rings. The zero-order valence-corrected chi connectivity index (χ0v) is 16.1. The summed E-state index contributed by atoms with van der Waals surface area (Å²) in [6.07, 6.45) is 0. The van der Waals surface area contributed by atoms with Crippen molar-refractivity contribution in [2.45, 2.75) is 33.4 Å². The molecule has 0 bridgehead atoms. The predicted molar refractivity (Wildman–Crippen MR) is 104 cm³/mol. The fourth-order valence-corrected chi connectivity index (χ4v) is 2.79. The first-order valence-corrected chi connectivity index (χ1v) is 8.84. The van der Waals surface area contributed by atoms with E-state index in [2.05, 4.69) is 5.32 Å². The Bertz CT molecular complexity index is 823. The number of halogens is 1. The van der Waals surface area contributed by atoms with E-state index in [1.165, 1.54) is 20.1 Å². The Kier molecular flexibility index (Phi) is 7.07. The van der Waals surface area contributed by atoms with Gasteiger partial charge in [-0.2, -0.15) is 0 Å². The van der Waals surface area contributed by atoms with Gasteiger partial charge in [-0.25, -0.2) is 4.39 Å². The maximum Gasteiger partial charge on any atom is 0.241 e. The quantitative estimate of drug-likeness (QED) is 0.715. The summed E-state index contributed by atoms with van der Waals surface area (Å²) in [5.74, 6) is -0.482. The molecule has 6 heteroatoms. The van der Waals surface area contributed by atoms with Gasteiger partial charge in [0.05, 0.1) is 13.2 Å². The lowest BCUT2D eigenvalue weighted by molar-refractivity contribution is -0.120. The van der Waals surface area contributed by atoms with E-state index >= 15 is 0 Å². The zero-order valence-electron chi connectivity index (χ0n) is 16.1. The topological polar surface area (TPSA) is 58.6 Å². The van der Waals surface area contributed by atoms with E-state index in [1.807, 2.05) is 11.8 Å². The first kappa shape index (κ1) is 20.6. The molecule has 144 valence electrons. The highest BCUT2D eigenvalue weighted by Gasteiger charge is 2.21. The number of rotatable bonds is 8. The first-order valence-electron chi connectivity index (χ1n) is 8.84. The number of carbonyl (C=O) groups excluding carboxylic acids is 2. The molecule has 27 heavy (non-hydrogen) atoms. The maximum absolute atomic E-state index is 13.9. The Morgan fingerprint density at radius 3 is 2.56 bits per heavy atom. The molecule has 0 saturated heterocycles. The van der Waals surface area contributed by atoms with Gasteiger partial charge in [-0.3, -0.25) is 14.5 Å². The molecule has 1 atom stereocenters. The molecule has 1 N–H and O–H groups in total. The summed E-state index contributed by atoms with van der Waals surface area (Å²) in [5, 5.41) is 2.84. The van der Waals surface area contributed by atoms with Gasteiger partial charge in [-0.1, -0.05) is 25.1 Å². The maximum atomic E-state index is 13.9. The summed E-state index contributed by atoms with van der Waals surface area (Å²) in [5.41, 5.74) is 1.88. The fourth-order valence-electron chi connectivity index (χ4n) is 2.79. The van der Waals surface area contributed by atoms with Crippen LogP contribution in [0, 0.1) is 5.82 Å². The van der Waals surface area contributed by atoms with Crippen LogP contribution in [0.3, 0.4) is 0 Å². The van der Waals surface area contributed by atoms with E-state index in [1.54, 1.807) is 43.3 Å². The summed E-state index contributed by atoms with van der Waals surface area (Å²) in [4.78, 5) is 26.0. The van der Waals surface area contributed by atoms with Gasteiger partial charge in [0.15, 0.2) is 17.3 Å². The molecule has 2 aromatic rings. The minimum atomic E-state index is -0.429. The number of hydrogen-bond donors (Lipinski definition) is 1. The minimum Gasteiger partial charge on any atom is -0.494 e. The lowest BCUT2D eigenvalue weighted by Crippen LogP contribution is -2.41. The Hall–Kier alpha value is -2.73. The summed E-state index contributed by atoms with van der Waals surface area (Å²) in [6, 6.07) is 11.2. The molecule has 2 rings (SSSR count). The highest BCUT2D eigenvalue weighted by atomic mass is 19.1. The Morgan fingerprint density at radius 2 is 1.96 bits per heavy atom. The van der Waals surface area contributed by atoms with Gasteiger partial charge in [-0.15, -0.1) is 0 Å². The van der Waals surface area contributed by atoms with Crippen molar-refractivity contribution in [1.29, 1.82) is 0 Å². The van der Waals surface area contributed by atoms with Crippen LogP contribution in [0.5, 0.6) is 5.75 Å². The van der Waals surface area contributed by atoms with Crippen molar-refractivity contribution in [3.63, 3.8) is 0 Å². The summed E-state index contributed by atoms with van der Waals surface area (Å²) in [7, 11) is 1.42. The number of Topliss-reactive ketones (excluding diaryl/α,β-unsaturated/α-hetero) is 1. The summed E-state index contributed by atoms with van der Waals surface area (Å²) in [6.45, 7) is 6.28. The fraction of sp³-hybridized carbons (Fsp3) is 0.333. The van der Waals surface area contributed by atoms with Crippen molar-refractivity contribution in [1.82, 2.24) is 4.90 Å². The molecule has 0 saturated carbocycles. The second-order valence-corrected chi connectivity index (χ2v) is 6.33. The van der Waals surface area contributed by atoms with Gasteiger partial charge in [0.2, 0.25) is 5.91 Å². The molecule has 1 amide bonds. The smallest absolute Gasteiger partial charge is 0.241 e. The monoisotopic (exact) mass is 372 g/mol. The molecular formula is C21H25FN2O3. The summed E-state index contributed by atoms with van der Waals surface area (Å²) >= 11 is 0. The minimum absolute atomic E-state index is 0.0594. The molecule has 0 heterocycles. The number of nitrogens with zero attached hydrogens (tertiary/aromatic N) is 1. The van der Waals surface area contributed by atoms with E-state index in [-0.39, 0.29) is 17.4 Å². The van der Waals surface area contributed by atoms with E-state index in [0.717, 1.165) is 5.56 Å². The SMILES string of the molecule is CCN(Cc1ccc(OC)c(F)c1)[C@@H](C)C(=O)Nc1cccc(C(C)=O)c1. The second kappa shape index (κ2) is 9.28. The number of ether oxygens (including phenoxy) is 1. The average Bonchev–Trinajstić information content (AvgIpc) is 2.65. The van der Waals surface area contributed by atoms with Crippen molar-refractivity contribution in [2.75, 3.05) is 19.0 Å². The number of hydrogen-bond acceptors (Lipinski definition) is 4. The largest absolute Gasteiger partial charge is 0.494 e. The van der Waals surface area contributed by atoms with E-state index in [4.69, 9.17) is 4.74 Å². The van der Waals surface area contributed by atoms with Crippen molar-refractivity contribution < 1.29 is 18.7 Å². The van der Waals surface area contributed by atoms with Crippen LogP contribution in [0.15, 0.2) is 42.5 Å². The van der Waals surface area contributed by atoms with Crippen molar-refractivity contribution in [3.8, 4) is 5.75 Å². The predicted octanol–water partition coefficient (Wildman–Crippen LogP) is 3.89. The molecule has 0 aliphatic heterocycles. The van der Waals surface area contributed by atoms with Crippen molar-refractivity contribution in [3.05, 3.63) is 59.4 Å². The van der Waals surface area contributed by atoms with E-state index < -0.39 is 11.9 Å². The number of ketones is 1. The van der Waals surface area contributed by atoms with Crippen molar-refractivity contribution in [2.24, 2.45) is 0 Å². The van der Waals surface area contributed by atoms with Crippen LogP contribution in [0.25, 0.3) is 0 Å². The zero-order chi connectivity index (χ0) is 20.0. The summed E-state index contributed by atoms with van der Waals surface area (Å²) < 4.78 is 18.8.